The second kappa shape index (κ2) is 13.9. The van der Waals surface area contributed by atoms with E-state index in [0.29, 0.717) is 22.9 Å². The zero-order chi connectivity index (χ0) is 27.6. The Bertz CT molecular complexity index is 1350. The number of ether oxygens (including phenoxy) is 1. The number of benzene rings is 3. The van der Waals surface area contributed by atoms with E-state index in [2.05, 4.69) is 34.7 Å². The van der Waals surface area contributed by atoms with Gasteiger partial charge in [0.1, 0.15) is 34.7 Å². The molecule has 0 unspecified atom stereocenters. The van der Waals surface area contributed by atoms with Crippen LogP contribution in [0.2, 0.25) is 0 Å². The minimum Gasteiger partial charge on any atom is -0.486 e. The average molecular weight is 552 g/mol. The van der Waals surface area contributed by atoms with E-state index in [1.165, 1.54) is 29.0 Å². The highest BCUT2D eigenvalue weighted by atomic mass is 32.1. The number of halogens is 2. The van der Waals surface area contributed by atoms with Crippen molar-refractivity contribution < 1.29 is 23.4 Å². The van der Waals surface area contributed by atoms with Gasteiger partial charge in [-0.05, 0) is 53.8 Å². The van der Waals surface area contributed by atoms with E-state index >= 15 is 0 Å². The van der Waals surface area contributed by atoms with Crippen LogP contribution in [0.15, 0.2) is 78.2 Å². The van der Waals surface area contributed by atoms with Crippen LogP contribution < -0.4 is 15.4 Å². The third-order valence-electron chi connectivity index (χ3n) is 6.13. The molecular weight excluding hydrogens is 520 g/mol. The van der Waals surface area contributed by atoms with Crippen LogP contribution in [-0.4, -0.2) is 34.7 Å². The summed E-state index contributed by atoms with van der Waals surface area (Å²) in [4.78, 5) is 17.4. The Morgan fingerprint density at radius 3 is 2.49 bits per heavy atom. The van der Waals surface area contributed by atoms with Crippen LogP contribution in [0.3, 0.4) is 0 Å². The minimum absolute atomic E-state index is 0.0305. The molecule has 0 radical (unpaired) electrons. The van der Waals surface area contributed by atoms with Gasteiger partial charge in [-0.1, -0.05) is 49.4 Å². The van der Waals surface area contributed by atoms with Gasteiger partial charge in [-0.25, -0.2) is 13.8 Å². The molecule has 0 spiro atoms. The van der Waals surface area contributed by atoms with Gasteiger partial charge >= 0.3 is 0 Å². The zero-order valence-electron chi connectivity index (χ0n) is 21.6. The zero-order valence-corrected chi connectivity index (χ0v) is 22.4. The molecule has 9 heteroatoms. The van der Waals surface area contributed by atoms with Gasteiger partial charge in [-0.15, -0.1) is 11.3 Å². The molecule has 0 aliphatic carbocycles. The summed E-state index contributed by atoms with van der Waals surface area (Å²) >= 11 is 1.28. The molecule has 0 fully saturated rings. The maximum absolute atomic E-state index is 13.8. The molecule has 4 rings (SSSR count). The number of aryl methyl sites for hydroxylation is 1. The predicted octanol–water partition coefficient (Wildman–Crippen LogP) is 5.05. The number of carbonyl (C=O) groups is 1. The van der Waals surface area contributed by atoms with Crippen molar-refractivity contribution >= 4 is 17.2 Å². The molecule has 0 aliphatic rings. The van der Waals surface area contributed by atoms with Gasteiger partial charge < -0.3 is 20.5 Å². The third kappa shape index (κ3) is 8.68. The molecule has 204 valence electrons. The van der Waals surface area contributed by atoms with Crippen LogP contribution in [0.25, 0.3) is 0 Å². The number of hydrogen-bond donors (Lipinski definition) is 3. The van der Waals surface area contributed by atoms with Gasteiger partial charge in [0.15, 0.2) is 0 Å². The highest BCUT2D eigenvalue weighted by Gasteiger charge is 2.24. The van der Waals surface area contributed by atoms with Crippen LogP contribution in [0.4, 0.5) is 8.78 Å². The summed E-state index contributed by atoms with van der Waals surface area (Å²) in [5.74, 6) is -1.24. The van der Waals surface area contributed by atoms with Crippen molar-refractivity contribution in [2.24, 2.45) is 0 Å². The molecule has 0 bridgehead atoms. The molecule has 1 aromatic heterocycles. The van der Waals surface area contributed by atoms with E-state index in [0.717, 1.165) is 18.1 Å². The van der Waals surface area contributed by atoms with Crippen LogP contribution in [-0.2, 0) is 26.0 Å². The molecule has 0 saturated heterocycles. The first-order valence-electron chi connectivity index (χ1n) is 12.7. The first-order valence-corrected chi connectivity index (χ1v) is 13.6. The van der Waals surface area contributed by atoms with Crippen molar-refractivity contribution in [2.75, 3.05) is 6.54 Å². The van der Waals surface area contributed by atoms with Crippen LogP contribution in [0.5, 0.6) is 5.75 Å². The average Bonchev–Trinajstić information content (AvgIpc) is 3.41. The molecular formula is C30H31F2N3O3S. The molecule has 3 N–H and O–H groups in total. The molecule has 0 saturated carbocycles. The van der Waals surface area contributed by atoms with Crippen LogP contribution >= 0.6 is 11.3 Å². The van der Waals surface area contributed by atoms with Crippen molar-refractivity contribution in [1.82, 2.24) is 15.6 Å². The van der Waals surface area contributed by atoms with Gasteiger partial charge in [0.05, 0.1) is 12.1 Å². The summed E-state index contributed by atoms with van der Waals surface area (Å²) in [6.07, 6.45) is -0.0806. The molecule has 3 aromatic carbocycles. The Hall–Kier alpha value is -3.66. The first-order chi connectivity index (χ1) is 18.9. The number of carbonyl (C=O) groups excluding carboxylic acids is 1. The summed E-state index contributed by atoms with van der Waals surface area (Å²) in [5.41, 5.74) is 2.79. The van der Waals surface area contributed by atoms with Gasteiger partial charge in [0.25, 0.3) is 5.91 Å². The maximum Gasteiger partial charge on any atom is 0.271 e. The molecule has 4 aromatic rings. The fourth-order valence-corrected chi connectivity index (χ4v) is 4.80. The standard InChI is InChI=1S/C30H31F2N3O3S/c1-2-20-7-6-8-21(11-20)16-33-17-28(36)26(14-22-12-23(31)15-24(32)13-22)35-30(37)27-19-39-29(34-27)18-38-25-9-4-3-5-10-25/h3-13,15,19,26,28,33,36H,2,14,16-18H2,1H3,(H,35,37)/t26-,28-/m0/s1. The molecule has 39 heavy (non-hydrogen) atoms. The van der Waals surface area contributed by atoms with Crippen molar-refractivity contribution in [3.8, 4) is 5.75 Å². The number of hydrogen-bond acceptors (Lipinski definition) is 6. The largest absolute Gasteiger partial charge is 0.486 e. The lowest BCUT2D eigenvalue weighted by molar-refractivity contribution is 0.0825. The number of aromatic nitrogens is 1. The smallest absolute Gasteiger partial charge is 0.271 e. The van der Waals surface area contributed by atoms with Gasteiger partial charge in [0.2, 0.25) is 0 Å². The van der Waals surface area contributed by atoms with Crippen LogP contribution in [0.1, 0.15) is 39.1 Å². The van der Waals surface area contributed by atoms with E-state index in [-0.39, 0.29) is 25.3 Å². The molecule has 6 nitrogen and oxygen atoms in total. The van der Waals surface area contributed by atoms with Gasteiger partial charge in [-0.2, -0.15) is 0 Å². The SMILES string of the molecule is CCc1cccc(CNC[C@H](O)[C@H](Cc2cc(F)cc(F)c2)NC(=O)c2csc(COc3ccccc3)n2)c1. The highest BCUT2D eigenvalue weighted by molar-refractivity contribution is 7.09. The first kappa shape index (κ1) is 28.4. The third-order valence-corrected chi connectivity index (χ3v) is 6.95. The summed E-state index contributed by atoms with van der Waals surface area (Å²) in [5, 5.41) is 19.2. The second-order valence-electron chi connectivity index (χ2n) is 9.16. The number of nitrogens with zero attached hydrogens (tertiary/aromatic N) is 1. The second-order valence-corrected chi connectivity index (χ2v) is 10.1. The Morgan fingerprint density at radius 2 is 1.74 bits per heavy atom. The lowest BCUT2D eigenvalue weighted by atomic mass is 10.00. The number of amides is 1. The normalized spacial score (nSPS) is 12.6. The van der Waals surface area contributed by atoms with Gasteiger partial charge in [0, 0.05) is 24.5 Å². The summed E-state index contributed by atoms with van der Waals surface area (Å²) in [6.45, 7) is 2.98. The number of nitrogens with one attached hydrogen (secondary N) is 2. The maximum atomic E-state index is 13.8. The number of thiazole rings is 1. The van der Waals surface area contributed by atoms with Crippen molar-refractivity contribution in [3.05, 3.63) is 117 Å². The summed E-state index contributed by atoms with van der Waals surface area (Å²) < 4.78 is 33.4. The topological polar surface area (TPSA) is 83.5 Å². The number of rotatable bonds is 13. The molecule has 0 aliphatic heterocycles. The fraction of sp³-hybridized carbons (Fsp3) is 0.267. The number of aliphatic hydroxyl groups excluding tert-OH is 1. The van der Waals surface area contributed by atoms with E-state index < -0.39 is 29.7 Å². The Kier molecular flexibility index (Phi) is 10.1. The van der Waals surface area contributed by atoms with E-state index in [4.69, 9.17) is 4.74 Å². The van der Waals surface area contributed by atoms with Crippen molar-refractivity contribution in [2.45, 2.75) is 45.1 Å². The van der Waals surface area contributed by atoms with E-state index in [1.807, 2.05) is 42.5 Å². The minimum atomic E-state index is -1.03. The molecule has 1 heterocycles. The highest BCUT2D eigenvalue weighted by Crippen LogP contribution is 2.17. The lowest BCUT2D eigenvalue weighted by Crippen LogP contribution is -2.48. The molecule has 1 amide bonds. The predicted molar refractivity (Wildman–Crippen MR) is 148 cm³/mol. The van der Waals surface area contributed by atoms with Gasteiger partial charge in [-0.3, -0.25) is 4.79 Å². The Labute approximate surface area is 230 Å². The van der Waals surface area contributed by atoms with E-state index in [9.17, 15) is 18.7 Å². The fourth-order valence-electron chi connectivity index (χ4n) is 4.12. The van der Waals surface area contributed by atoms with Crippen molar-refractivity contribution in [3.63, 3.8) is 0 Å². The Morgan fingerprint density at radius 1 is 1.00 bits per heavy atom. The quantitative estimate of drug-likeness (QED) is 0.217. The molecule has 2 atom stereocenters. The van der Waals surface area contributed by atoms with Crippen LogP contribution in [0, 0.1) is 11.6 Å². The summed E-state index contributed by atoms with van der Waals surface area (Å²) in [7, 11) is 0. The van der Waals surface area contributed by atoms with Crippen molar-refractivity contribution in [1.29, 1.82) is 0 Å². The monoisotopic (exact) mass is 551 g/mol. The van der Waals surface area contributed by atoms with E-state index in [1.54, 1.807) is 5.38 Å². The lowest BCUT2D eigenvalue weighted by Gasteiger charge is -2.24. The number of aliphatic hydroxyl groups is 1. The summed E-state index contributed by atoms with van der Waals surface area (Å²) in [6, 6.07) is 19.8. The Balaban J connectivity index is 1.41. The number of para-hydroxylation sites is 1.